The van der Waals surface area contributed by atoms with Crippen LogP contribution in [0.2, 0.25) is 0 Å². The van der Waals surface area contributed by atoms with Gasteiger partial charge in [0.1, 0.15) is 5.60 Å². The van der Waals surface area contributed by atoms with Gasteiger partial charge in [-0.25, -0.2) is 4.79 Å². The first-order chi connectivity index (χ1) is 7.22. The van der Waals surface area contributed by atoms with Gasteiger partial charge in [-0.15, -0.1) is 0 Å². The number of hydrogen-bond donors (Lipinski definition) is 2. The summed E-state index contributed by atoms with van der Waals surface area (Å²) in [6.07, 6.45) is 2.78. The molecule has 1 saturated carbocycles. The minimum Gasteiger partial charge on any atom is -0.444 e. The highest BCUT2D eigenvalue weighted by Gasteiger charge is 2.40. The molecule has 2 N–H and O–H groups in total. The molecule has 1 rings (SSSR count). The lowest BCUT2D eigenvalue weighted by atomic mass is 9.73. The quantitative estimate of drug-likeness (QED) is 0.780. The van der Waals surface area contributed by atoms with E-state index < -0.39 is 11.7 Å². The van der Waals surface area contributed by atoms with Crippen molar-refractivity contribution >= 4 is 6.09 Å². The fraction of sp³-hybridized carbons (Fsp3) is 0.917. The summed E-state index contributed by atoms with van der Waals surface area (Å²) in [6.45, 7) is 7.27. The normalized spacial score (nSPS) is 20.8. The number of aliphatic hydroxyl groups is 1. The van der Waals surface area contributed by atoms with E-state index in [4.69, 9.17) is 4.74 Å². The summed E-state index contributed by atoms with van der Waals surface area (Å²) in [5.41, 5.74) is -0.712. The van der Waals surface area contributed by atoms with E-state index in [1.807, 2.05) is 20.8 Å². The molecule has 1 fully saturated rings. The molecule has 0 spiro atoms. The first-order valence-corrected chi connectivity index (χ1v) is 5.92. The van der Waals surface area contributed by atoms with Crippen LogP contribution in [-0.4, -0.2) is 28.4 Å². The smallest absolute Gasteiger partial charge is 0.408 e. The second kappa shape index (κ2) is 4.62. The molecule has 4 nitrogen and oxygen atoms in total. The molecule has 1 aliphatic rings. The number of alkyl carbamates (subject to hydrolysis) is 1. The van der Waals surface area contributed by atoms with Crippen molar-refractivity contribution in [3.05, 3.63) is 0 Å². The zero-order valence-electron chi connectivity index (χ0n) is 10.7. The van der Waals surface area contributed by atoms with Crippen molar-refractivity contribution in [2.75, 3.05) is 0 Å². The van der Waals surface area contributed by atoms with E-state index in [2.05, 4.69) is 5.32 Å². The van der Waals surface area contributed by atoms with Crippen molar-refractivity contribution in [2.45, 2.75) is 70.6 Å². The third-order valence-electron chi connectivity index (χ3n) is 2.76. The first-order valence-electron chi connectivity index (χ1n) is 5.92. The summed E-state index contributed by atoms with van der Waals surface area (Å²) in [7, 11) is 0. The Morgan fingerprint density at radius 1 is 1.50 bits per heavy atom. The molecule has 16 heavy (non-hydrogen) atoms. The highest BCUT2D eigenvalue weighted by Crippen LogP contribution is 2.36. The van der Waals surface area contributed by atoms with Crippen LogP contribution < -0.4 is 5.32 Å². The van der Waals surface area contributed by atoms with E-state index >= 15 is 0 Å². The standard InChI is InChI=1S/C12H23NO3/c1-9(14)8-12(6-5-7-12)13-10(15)16-11(2,3)4/h9,14H,5-8H2,1-4H3,(H,13,15)/t9-/m1/s1. The van der Waals surface area contributed by atoms with E-state index in [1.165, 1.54) is 0 Å². The number of rotatable bonds is 3. The summed E-state index contributed by atoms with van der Waals surface area (Å²) in [4.78, 5) is 11.6. The average molecular weight is 229 g/mol. The van der Waals surface area contributed by atoms with Crippen LogP contribution in [-0.2, 0) is 4.74 Å². The van der Waals surface area contributed by atoms with Gasteiger partial charge in [0.15, 0.2) is 0 Å². The molecule has 0 aromatic heterocycles. The van der Waals surface area contributed by atoms with Crippen LogP contribution in [0, 0.1) is 0 Å². The molecule has 0 saturated heterocycles. The maximum absolute atomic E-state index is 11.6. The van der Waals surface area contributed by atoms with E-state index in [9.17, 15) is 9.90 Å². The summed E-state index contributed by atoms with van der Waals surface area (Å²) in [6, 6.07) is 0. The molecule has 1 aliphatic carbocycles. The van der Waals surface area contributed by atoms with Crippen LogP contribution in [0.15, 0.2) is 0 Å². The molecule has 1 atom stereocenters. The van der Waals surface area contributed by atoms with Crippen molar-refractivity contribution in [3.63, 3.8) is 0 Å². The Morgan fingerprint density at radius 3 is 2.38 bits per heavy atom. The van der Waals surface area contributed by atoms with Crippen LogP contribution in [0.4, 0.5) is 4.79 Å². The van der Waals surface area contributed by atoms with Crippen LogP contribution in [0.25, 0.3) is 0 Å². The summed E-state index contributed by atoms with van der Waals surface area (Å²) in [5.74, 6) is 0. The van der Waals surface area contributed by atoms with Crippen molar-refractivity contribution in [2.24, 2.45) is 0 Å². The van der Waals surface area contributed by atoms with Crippen molar-refractivity contribution in [1.82, 2.24) is 5.32 Å². The largest absolute Gasteiger partial charge is 0.444 e. The molecule has 4 heteroatoms. The number of amides is 1. The van der Waals surface area contributed by atoms with E-state index in [0.717, 1.165) is 19.3 Å². The van der Waals surface area contributed by atoms with Crippen molar-refractivity contribution in [3.8, 4) is 0 Å². The van der Waals surface area contributed by atoms with Gasteiger partial charge in [0.2, 0.25) is 0 Å². The number of ether oxygens (including phenoxy) is 1. The zero-order valence-corrected chi connectivity index (χ0v) is 10.7. The maximum atomic E-state index is 11.6. The number of aliphatic hydroxyl groups excluding tert-OH is 1. The average Bonchev–Trinajstić information content (AvgIpc) is 1.95. The number of nitrogens with one attached hydrogen (secondary N) is 1. The minimum absolute atomic E-state index is 0.240. The van der Waals surface area contributed by atoms with Gasteiger partial charge < -0.3 is 15.2 Å². The van der Waals surface area contributed by atoms with Crippen molar-refractivity contribution < 1.29 is 14.6 Å². The number of carbonyl (C=O) groups excluding carboxylic acids is 1. The lowest BCUT2D eigenvalue weighted by Crippen LogP contribution is -2.55. The molecule has 0 heterocycles. The fourth-order valence-corrected chi connectivity index (χ4v) is 2.07. The third-order valence-corrected chi connectivity index (χ3v) is 2.76. The topological polar surface area (TPSA) is 58.6 Å². The Labute approximate surface area is 97.4 Å². The van der Waals surface area contributed by atoms with Gasteiger partial charge in [0.25, 0.3) is 0 Å². The van der Waals surface area contributed by atoms with Gasteiger partial charge in [0, 0.05) is 5.54 Å². The Balaban J connectivity index is 2.47. The molecule has 94 valence electrons. The molecule has 0 bridgehead atoms. The molecule has 0 aromatic rings. The lowest BCUT2D eigenvalue weighted by Gasteiger charge is -2.43. The maximum Gasteiger partial charge on any atom is 0.408 e. The molecule has 0 radical (unpaired) electrons. The third kappa shape index (κ3) is 4.00. The predicted molar refractivity (Wildman–Crippen MR) is 62.2 cm³/mol. The molecule has 0 aromatic carbocycles. The number of hydrogen-bond acceptors (Lipinski definition) is 3. The van der Waals surface area contributed by atoms with Crippen LogP contribution in [0.1, 0.15) is 53.4 Å². The van der Waals surface area contributed by atoms with Gasteiger partial charge in [-0.3, -0.25) is 0 Å². The highest BCUT2D eigenvalue weighted by atomic mass is 16.6. The Hall–Kier alpha value is -0.770. The van der Waals surface area contributed by atoms with E-state index in [1.54, 1.807) is 6.92 Å². The Morgan fingerprint density at radius 2 is 2.06 bits per heavy atom. The highest BCUT2D eigenvalue weighted by molar-refractivity contribution is 5.69. The molecular weight excluding hydrogens is 206 g/mol. The second-order valence-electron chi connectivity index (χ2n) is 5.81. The van der Waals surface area contributed by atoms with E-state index in [0.29, 0.717) is 6.42 Å². The summed E-state index contributed by atoms with van der Waals surface area (Å²) < 4.78 is 5.22. The van der Waals surface area contributed by atoms with Crippen LogP contribution >= 0.6 is 0 Å². The molecule has 0 aliphatic heterocycles. The first kappa shape index (κ1) is 13.3. The van der Waals surface area contributed by atoms with Gasteiger partial charge in [-0.2, -0.15) is 0 Å². The molecule has 1 amide bonds. The minimum atomic E-state index is -0.472. The predicted octanol–water partition coefficient (Wildman–Crippen LogP) is 2.20. The molecule has 0 unspecified atom stereocenters. The van der Waals surface area contributed by atoms with Gasteiger partial charge >= 0.3 is 6.09 Å². The fourth-order valence-electron chi connectivity index (χ4n) is 2.07. The summed E-state index contributed by atoms with van der Waals surface area (Å²) in [5, 5.41) is 12.3. The van der Waals surface area contributed by atoms with Gasteiger partial charge in [-0.05, 0) is 53.4 Å². The Bertz CT molecular complexity index is 251. The zero-order chi connectivity index (χ0) is 12.4. The van der Waals surface area contributed by atoms with Crippen LogP contribution in [0.3, 0.4) is 0 Å². The molecular formula is C12H23NO3. The Kier molecular flexibility index (Phi) is 3.84. The van der Waals surface area contributed by atoms with Gasteiger partial charge in [-0.1, -0.05) is 0 Å². The second-order valence-corrected chi connectivity index (χ2v) is 5.81. The number of carbonyl (C=O) groups is 1. The van der Waals surface area contributed by atoms with E-state index in [-0.39, 0.29) is 11.6 Å². The van der Waals surface area contributed by atoms with Crippen LogP contribution in [0.5, 0.6) is 0 Å². The SMILES string of the molecule is C[C@@H](O)CC1(NC(=O)OC(C)(C)C)CCC1. The van der Waals surface area contributed by atoms with Gasteiger partial charge in [0.05, 0.1) is 6.10 Å². The lowest BCUT2D eigenvalue weighted by molar-refractivity contribution is 0.0287. The van der Waals surface area contributed by atoms with Crippen molar-refractivity contribution in [1.29, 1.82) is 0 Å². The monoisotopic (exact) mass is 229 g/mol. The summed E-state index contributed by atoms with van der Waals surface area (Å²) >= 11 is 0.